The van der Waals surface area contributed by atoms with E-state index in [4.69, 9.17) is 14.5 Å². The van der Waals surface area contributed by atoms with Gasteiger partial charge < -0.3 is 14.6 Å². The van der Waals surface area contributed by atoms with Crippen LogP contribution in [0.15, 0.2) is 42.5 Å². The minimum atomic E-state index is -0.896. The van der Waals surface area contributed by atoms with Gasteiger partial charge in [0.2, 0.25) is 0 Å². The first-order valence-electron chi connectivity index (χ1n) is 12.0. The summed E-state index contributed by atoms with van der Waals surface area (Å²) in [6.07, 6.45) is 4.70. The van der Waals surface area contributed by atoms with Crippen molar-refractivity contribution in [2.75, 3.05) is 13.7 Å². The molecule has 3 aromatic rings. The molecule has 4 rings (SSSR count). The van der Waals surface area contributed by atoms with Crippen LogP contribution in [0.5, 0.6) is 11.5 Å². The van der Waals surface area contributed by atoms with E-state index in [-0.39, 0.29) is 5.41 Å². The highest BCUT2D eigenvalue weighted by molar-refractivity contribution is 6.06. The number of carboxylic acid groups (broad SMARTS) is 1. The molecule has 0 amide bonds. The number of methoxy groups -OCH3 is 1. The monoisotopic (exact) mass is 459 g/mol. The minimum Gasteiger partial charge on any atom is -0.493 e. The van der Waals surface area contributed by atoms with E-state index in [9.17, 15) is 9.90 Å². The molecule has 1 N–H and O–H groups in total. The van der Waals surface area contributed by atoms with Crippen molar-refractivity contribution in [2.45, 2.75) is 47.0 Å². The third-order valence-electron chi connectivity index (χ3n) is 7.27. The van der Waals surface area contributed by atoms with Crippen molar-refractivity contribution in [3.8, 4) is 11.5 Å². The molecule has 0 saturated heterocycles. The number of allylic oxidation sites excluding steroid dienone is 1. The van der Waals surface area contributed by atoms with Crippen LogP contribution in [0.3, 0.4) is 0 Å². The maximum absolute atomic E-state index is 12.5. The van der Waals surface area contributed by atoms with Crippen molar-refractivity contribution >= 4 is 28.5 Å². The summed E-state index contributed by atoms with van der Waals surface area (Å²) in [6.45, 7) is 9.24. The largest absolute Gasteiger partial charge is 0.493 e. The van der Waals surface area contributed by atoms with Gasteiger partial charge in [-0.25, -0.2) is 9.78 Å². The number of carboxylic acids is 1. The molecule has 0 aliphatic heterocycles. The molecule has 1 aromatic heterocycles. The fourth-order valence-electron chi connectivity index (χ4n) is 4.86. The lowest BCUT2D eigenvalue weighted by molar-refractivity contribution is 0.0696. The van der Waals surface area contributed by atoms with Crippen molar-refractivity contribution in [1.82, 2.24) is 4.98 Å². The molecule has 0 radical (unpaired) electrons. The van der Waals surface area contributed by atoms with Crippen molar-refractivity contribution in [3.05, 3.63) is 64.8 Å². The molecule has 5 heteroatoms. The van der Waals surface area contributed by atoms with E-state index in [0.29, 0.717) is 46.9 Å². The number of hydrogen-bond acceptors (Lipinski definition) is 4. The fourth-order valence-corrected chi connectivity index (χ4v) is 4.86. The van der Waals surface area contributed by atoms with Gasteiger partial charge in [0.05, 0.1) is 30.5 Å². The predicted octanol–water partition coefficient (Wildman–Crippen LogP) is 6.88. The second kappa shape index (κ2) is 9.49. The molecule has 0 fully saturated rings. The Hall–Kier alpha value is -3.34. The van der Waals surface area contributed by atoms with Gasteiger partial charge in [0.25, 0.3) is 0 Å². The Labute approximate surface area is 201 Å². The standard InChI is InChI=1S/C29H33NO4/c1-6-29(3,4)20-16-19(14-18-12-13-24(33-5)25(15-18)34-7-2)27-22(17-20)26(28(31)32)21-10-8-9-11-23(21)30-27/h8-15,20H,6-7,16-17H2,1-5H3,(H,31,32). The van der Waals surface area contributed by atoms with E-state index in [1.807, 2.05) is 49.4 Å². The normalized spacial score (nSPS) is 17.0. The van der Waals surface area contributed by atoms with Crippen LogP contribution in [0, 0.1) is 11.3 Å². The highest BCUT2D eigenvalue weighted by Crippen LogP contribution is 2.46. The second-order valence-electron chi connectivity index (χ2n) is 9.60. The van der Waals surface area contributed by atoms with Crippen molar-refractivity contribution in [3.63, 3.8) is 0 Å². The van der Waals surface area contributed by atoms with Gasteiger partial charge in [0.1, 0.15) is 0 Å². The van der Waals surface area contributed by atoms with Crippen LogP contribution in [0.2, 0.25) is 0 Å². The van der Waals surface area contributed by atoms with Gasteiger partial charge in [0, 0.05) is 5.39 Å². The summed E-state index contributed by atoms with van der Waals surface area (Å²) in [5.74, 6) is 0.794. The summed E-state index contributed by atoms with van der Waals surface area (Å²) >= 11 is 0. The molecule has 1 atom stereocenters. The average Bonchev–Trinajstić information content (AvgIpc) is 2.82. The third kappa shape index (κ3) is 4.39. The lowest BCUT2D eigenvalue weighted by atomic mass is 9.67. The van der Waals surface area contributed by atoms with E-state index in [1.165, 1.54) is 0 Å². The molecular weight excluding hydrogens is 426 g/mol. The van der Waals surface area contributed by atoms with Gasteiger partial charge >= 0.3 is 5.97 Å². The number of ether oxygens (including phenoxy) is 2. The fraction of sp³-hybridized carbons (Fsp3) is 0.379. The number of nitrogens with zero attached hydrogens (tertiary/aromatic N) is 1. The Morgan fingerprint density at radius 3 is 2.59 bits per heavy atom. The summed E-state index contributed by atoms with van der Waals surface area (Å²) in [7, 11) is 1.63. The van der Waals surface area contributed by atoms with Crippen LogP contribution in [-0.4, -0.2) is 29.8 Å². The number of rotatable bonds is 7. The van der Waals surface area contributed by atoms with E-state index in [2.05, 4.69) is 26.8 Å². The van der Waals surface area contributed by atoms with Crippen molar-refractivity contribution in [2.24, 2.45) is 11.3 Å². The Morgan fingerprint density at radius 1 is 1.15 bits per heavy atom. The summed E-state index contributed by atoms with van der Waals surface area (Å²) in [6, 6.07) is 13.4. The van der Waals surface area contributed by atoms with Crippen LogP contribution < -0.4 is 9.47 Å². The molecule has 5 nitrogen and oxygen atoms in total. The molecule has 1 aliphatic rings. The lowest BCUT2D eigenvalue weighted by Gasteiger charge is -2.38. The zero-order valence-electron chi connectivity index (χ0n) is 20.6. The quantitative estimate of drug-likeness (QED) is 0.417. The van der Waals surface area contributed by atoms with E-state index < -0.39 is 5.97 Å². The molecule has 34 heavy (non-hydrogen) atoms. The third-order valence-corrected chi connectivity index (χ3v) is 7.27. The zero-order valence-corrected chi connectivity index (χ0v) is 20.6. The second-order valence-corrected chi connectivity index (χ2v) is 9.60. The molecule has 2 aromatic carbocycles. The van der Waals surface area contributed by atoms with Gasteiger partial charge in [-0.05, 0) is 72.1 Å². The summed E-state index contributed by atoms with van der Waals surface area (Å²) in [5, 5.41) is 10.9. The molecule has 1 unspecified atom stereocenters. The highest BCUT2D eigenvalue weighted by atomic mass is 16.5. The minimum absolute atomic E-state index is 0.0641. The van der Waals surface area contributed by atoms with Gasteiger partial charge in [-0.15, -0.1) is 0 Å². The topological polar surface area (TPSA) is 68.7 Å². The van der Waals surface area contributed by atoms with Gasteiger partial charge in [0.15, 0.2) is 11.5 Å². The lowest BCUT2D eigenvalue weighted by Crippen LogP contribution is -2.30. The summed E-state index contributed by atoms with van der Waals surface area (Å²) in [4.78, 5) is 17.5. The van der Waals surface area contributed by atoms with Crippen molar-refractivity contribution < 1.29 is 19.4 Å². The SMILES string of the molecule is CCOc1cc(C=C2CC(C(C)(C)CC)Cc3c2nc2ccccc2c3C(=O)O)ccc1OC. The molecule has 0 bridgehead atoms. The number of fused-ring (bicyclic) bond motifs is 2. The first-order chi connectivity index (χ1) is 16.3. The van der Waals surface area contributed by atoms with E-state index in [1.54, 1.807) is 7.11 Å². The Kier molecular flexibility index (Phi) is 6.65. The first-order valence-corrected chi connectivity index (χ1v) is 12.0. The van der Waals surface area contributed by atoms with Crippen LogP contribution in [0.1, 0.15) is 67.7 Å². The smallest absolute Gasteiger partial charge is 0.336 e. The van der Waals surface area contributed by atoms with Gasteiger partial charge in [-0.2, -0.15) is 0 Å². The zero-order chi connectivity index (χ0) is 24.5. The number of carbonyl (C=O) groups is 1. The number of benzene rings is 2. The molecule has 1 aliphatic carbocycles. The van der Waals surface area contributed by atoms with Crippen molar-refractivity contribution in [1.29, 1.82) is 0 Å². The van der Waals surface area contributed by atoms with E-state index >= 15 is 0 Å². The maximum Gasteiger partial charge on any atom is 0.336 e. The number of aromatic nitrogens is 1. The summed E-state index contributed by atoms with van der Waals surface area (Å²) in [5.41, 5.74) is 4.84. The van der Waals surface area contributed by atoms with Crippen LogP contribution in [0.4, 0.5) is 0 Å². The summed E-state index contributed by atoms with van der Waals surface area (Å²) < 4.78 is 11.2. The highest BCUT2D eigenvalue weighted by Gasteiger charge is 2.36. The first kappa shape index (κ1) is 23.8. The Bertz CT molecular complexity index is 1260. The predicted molar refractivity (Wildman–Crippen MR) is 137 cm³/mol. The van der Waals surface area contributed by atoms with Crippen LogP contribution in [0.25, 0.3) is 22.6 Å². The Balaban J connectivity index is 1.95. The molecule has 0 saturated carbocycles. The molecule has 0 spiro atoms. The Morgan fingerprint density at radius 2 is 1.91 bits per heavy atom. The molecule has 178 valence electrons. The number of pyridine rings is 1. The maximum atomic E-state index is 12.5. The number of para-hydroxylation sites is 1. The van der Waals surface area contributed by atoms with E-state index in [0.717, 1.165) is 35.2 Å². The number of aromatic carboxylic acids is 1. The molecular formula is C29H33NO4. The van der Waals surface area contributed by atoms with Crippen LogP contribution >= 0.6 is 0 Å². The number of hydrogen-bond donors (Lipinski definition) is 1. The van der Waals surface area contributed by atoms with Crippen LogP contribution in [-0.2, 0) is 6.42 Å². The average molecular weight is 460 g/mol. The van der Waals surface area contributed by atoms with Gasteiger partial charge in [-0.3, -0.25) is 0 Å². The van der Waals surface area contributed by atoms with Gasteiger partial charge in [-0.1, -0.05) is 51.5 Å². The molecule has 1 heterocycles.